The molecule has 0 amide bonds. The van der Waals surface area contributed by atoms with Gasteiger partial charge in [-0.05, 0) is 19.1 Å². The molecule has 3 rings (SSSR count). The Morgan fingerprint density at radius 3 is 2.11 bits per heavy atom. The second kappa shape index (κ2) is 7.29. The van der Waals surface area contributed by atoms with Gasteiger partial charge >= 0.3 is 0 Å². The molecular formula is C18H24N4O3S2. The average molecular weight is 409 g/mol. The Balaban J connectivity index is 1.69. The van der Waals surface area contributed by atoms with E-state index in [4.69, 9.17) is 0 Å². The minimum atomic E-state index is -3.57. The van der Waals surface area contributed by atoms with Crippen molar-refractivity contribution in [1.82, 2.24) is 14.5 Å². The standard InChI is InChI=1S/C18H24N4O3S2/c1-13(23)14-5-7-15(8-6-14)27(24,25)22-11-9-21(10-12-22)17-20-19-16(26-17)18(2,3)4/h5-8H,9-12H2,1-4H3. The van der Waals surface area contributed by atoms with Gasteiger partial charge in [-0.3, -0.25) is 4.79 Å². The highest BCUT2D eigenvalue weighted by Gasteiger charge is 2.30. The maximum Gasteiger partial charge on any atom is 0.243 e. The fourth-order valence-corrected chi connectivity index (χ4v) is 5.15. The predicted octanol–water partition coefficient (Wildman–Crippen LogP) is 2.55. The van der Waals surface area contributed by atoms with Crippen molar-refractivity contribution in [1.29, 1.82) is 0 Å². The van der Waals surface area contributed by atoms with E-state index in [1.807, 2.05) is 0 Å². The Morgan fingerprint density at radius 1 is 1.04 bits per heavy atom. The van der Waals surface area contributed by atoms with Crippen molar-refractivity contribution in [2.45, 2.75) is 38.0 Å². The lowest BCUT2D eigenvalue weighted by atomic mass is 9.98. The second-order valence-corrected chi connectivity index (χ2v) is 10.5. The summed E-state index contributed by atoms with van der Waals surface area (Å²) < 4.78 is 27.2. The van der Waals surface area contributed by atoms with Gasteiger partial charge < -0.3 is 4.90 Å². The van der Waals surface area contributed by atoms with Crippen molar-refractivity contribution in [3.05, 3.63) is 34.8 Å². The van der Waals surface area contributed by atoms with Crippen LogP contribution in [-0.4, -0.2) is 54.9 Å². The Bertz CT molecular complexity index is 922. The molecule has 0 spiro atoms. The van der Waals surface area contributed by atoms with Crippen LogP contribution in [0.4, 0.5) is 5.13 Å². The van der Waals surface area contributed by atoms with Crippen molar-refractivity contribution >= 4 is 32.3 Å². The summed E-state index contributed by atoms with van der Waals surface area (Å²) in [5.41, 5.74) is 0.456. The molecule has 0 N–H and O–H groups in total. The lowest BCUT2D eigenvalue weighted by molar-refractivity contribution is 0.101. The smallest absolute Gasteiger partial charge is 0.243 e. The number of benzene rings is 1. The van der Waals surface area contributed by atoms with E-state index in [0.717, 1.165) is 10.1 Å². The number of piperazine rings is 1. The Kier molecular flexibility index (Phi) is 5.38. The first-order chi connectivity index (χ1) is 12.6. The molecule has 9 heteroatoms. The first-order valence-electron chi connectivity index (χ1n) is 8.79. The second-order valence-electron chi connectivity index (χ2n) is 7.61. The van der Waals surface area contributed by atoms with Crippen LogP contribution in [0.3, 0.4) is 0 Å². The summed E-state index contributed by atoms with van der Waals surface area (Å²) in [5.74, 6) is -0.0840. The number of anilines is 1. The Labute approximate surface area is 164 Å². The van der Waals surface area contributed by atoms with Gasteiger partial charge in [0.2, 0.25) is 15.2 Å². The molecule has 0 unspecified atom stereocenters. The molecule has 0 radical (unpaired) electrons. The highest BCUT2D eigenvalue weighted by molar-refractivity contribution is 7.89. The number of aromatic nitrogens is 2. The molecule has 2 heterocycles. The quantitative estimate of drug-likeness (QED) is 0.723. The number of hydrogen-bond donors (Lipinski definition) is 0. The molecule has 1 fully saturated rings. The Hall–Kier alpha value is -1.84. The largest absolute Gasteiger partial charge is 0.344 e. The van der Waals surface area contributed by atoms with Gasteiger partial charge in [-0.15, -0.1) is 10.2 Å². The van der Waals surface area contributed by atoms with Crippen molar-refractivity contribution in [2.24, 2.45) is 0 Å². The van der Waals surface area contributed by atoms with Gasteiger partial charge in [0, 0.05) is 37.2 Å². The summed E-state index contributed by atoms with van der Waals surface area (Å²) in [7, 11) is -3.57. The molecule has 1 aromatic heterocycles. The molecular weight excluding hydrogens is 384 g/mol. The van der Waals surface area contributed by atoms with Gasteiger partial charge in [0.15, 0.2) is 5.78 Å². The number of hydrogen-bond acceptors (Lipinski definition) is 7. The van der Waals surface area contributed by atoms with E-state index in [2.05, 4.69) is 35.9 Å². The highest BCUT2D eigenvalue weighted by Crippen LogP contribution is 2.30. The van der Waals surface area contributed by atoms with Crippen LogP contribution in [0.15, 0.2) is 29.2 Å². The molecule has 0 saturated carbocycles. The van der Waals surface area contributed by atoms with Crippen LogP contribution in [0, 0.1) is 0 Å². The molecule has 7 nitrogen and oxygen atoms in total. The van der Waals surface area contributed by atoms with Crippen LogP contribution in [0.2, 0.25) is 0 Å². The van der Waals surface area contributed by atoms with E-state index in [-0.39, 0.29) is 16.1 Å². The van der Waals surface area contributed by atoms with Crippen LogP contribution in [0.25, 0.3) is 0 Å². The fourth-order valence-electron chi connectivity index (χ4n) is 2.78. The first-order valence-corrected chi connectivity index (χ1v) is 11.0. The number of carbonyl (C=O) groups is 1. The summed E-state index contributed by atoms with van der Waals surface area (Å²) >= 11 is 1.56. The van der Waals surface area contributed by atoms with Crippen LogP contribution in [-0.2, 0) is 15.4 Å². The zero-order chi connectivity index (χ0) is 19.8. The van der Waals surface area contributed by atoms with Gasteiger partial charge in [0.25, 0.3) is 0 Å². The molecule has 146 valence electrons. The summed E-state index contributed by atoms with van der Waals surface area (Å²) in [5, 5.41) is 10.3. The molecule has 27 heavy (non-hydrogen) atoms. The van der Waals surface area contributed by atoms with Crippen LogP contribution in [0.5, 0.6) is 0 Å². The number of carbonyl (C=O) groups excluding carboxylic acids is 1. The summed E-state index contributed by atoms with van der Waals surface area (Å²) in [6.07, 6.45) is 0. The van der Waals surface area contributed by atoms with E-state index in [1.165, 1.54) is 23.4 Å². The third-order valence-corrected chi connectivity index (χ3v) is 7.79. The van der Waals surface area contributed by atoms with Crippen molar-refractivity contribution < 1.29 is 13.2 Å². The van der Waals surface area contributed by atoms with Gasteiger partial charge in [-0.1, -0.05) is 44.2 Å². The molecule has 2 aromatic rings. The lowest BCUT2D eigenvalue weighted by Crippen LogP contribution is -2.48. The van der Waals surface area contributed by atoms with Crippen LogP contribution in [0.1, 0.15) is 43.1 Å². The van der Waals surface area contributed by atoms with E-state index in [0.29, 0.717) is 31.7 Å². The van der Waals surface area contributed by atoms with Crippen molar-refractivity contribution in [2.75, 3.05) is 31.1 Å². The van der Waals surface area contributed by atoms with Crippen LogP contribution >= 0.6 is 11.3 Å². The molecule has 1 aromatic carbocycles. The predicted molar refractivity (Wildman–Crippen MR) is 106 cm³/mol. The topological polar surface area (TPSA) is 83.5 Å². The number of ketones is 1. The SMILES string of the molecule is CC(=O)c1ccc(S(=O)(=O)N2CCN(c3nnc(C(C)(C)C)s3)CC2)cc1. The molecule has 0 aliphatic carbocycles. The molecule has 0 bridgehead atoms. The zero-order valence-corrected chi connectivity index (χ0v) is 17.6. The number of nitrogens with zero attached hydrogens (tertiary/aromatic N) is 4. The first kappa shape index (κ1) is 19.9. The number of Topliss-reactive ketones (excluding diaryl/α,β-unsaturated/α-hetero) is 1. The summed E-state index contributed by atoms with van der Waals surface area (Å²) in [6.45, 7) is 9.67. The number of rotatable bonds is 4. The molecule has 1 aliphatic heterocycles. The normalized spacial score (nSPS) is 16.5. The van der Waals surface area contributed by atoms with E-state index < -0.39 is 10.0 Å². The maximum atomic E-state index is 12.8. The van der Waals surface area contributed by atoms with E-state index >= 15 is 0 Å². The zero-order valence-electron chi connectivity index (χ0n) is 16.0. The average Bonchev–Trinajstić information content (AvgIpc) is 3.12. The van der Waals surface area contributed by atoms with E-state index in [9.17, 15) is 13.2 Å². The van der Waals surface area contributed by atoms with Gasteiger partial charge in [-0.25, -0.2) is 8.42 Å². The number of sulfonamides is 1. The molecule has 1 aliphatic rings. The third-order valence-electron chi connectivity index (χ3n) is 4.46. The van der Waals surface area contributed by atoms with Gasteiger partial charge in [-0.2, -0.15) is 4.31 Å². The fraction of sp³-hybridized carbons (Fsp3) is 0.500. The van der Waals surface area contributed by atoms with Crippen LogP contribution < -0.4 is 4.90 Å². The lowest BCUT2D eigenvalue weighted by Gasteiger charge is -2.33. The molecule has 0 atom stereocenters. The van der Waals surface area contributed by atoms with Crippen molar-refractivity contribution in [3.8, 4) is 0 Å². The van der Waals surface area contributed by atoms with Gasteiger partial charge in [0.1, 0.15) is 5.01 Å². The highest BCUT2D eigenvalue weighted by atomic mass is 32.2. The van der Waals surface area contributed by atoms with Crippen molar-refractivity contribution in [3.63, 3.8) is 0 Å². The monoisotopic (exact) mass is 408 g/mol. The summed E-state index contributed by atoms with van der Waals surface area (Å²) in [4.78, 5) is 13.7. The minimum Gasteiger partial charge on any atom is -0.344 e. The minimum absolute atomic E-state index is 0.0485. The van der Waals surface area contributed by atoms with E-state index in [1.54, 1.807) is 23.5 Å². The third kappa shape index (κ3) is 4.20. The Morgan fingerprint density at radius 2 is 1.63 bits per heavy atom. The van der Waals surface area contributed by atoms with Gasteiger partial charge in [0.05, 0.1) is 4.90 Å². The maximum absolute atomic E-state index is 12.8. The summed E-state index contributed by atoms with van der Waals surface area (Å²) in [6, 6.07) is 6.11. The molecule has 1 saturated heterocycles.